The molecule has 2 rings (SSSR count). The zero-order valence-electron chi connectivity index (χ0n) is 7.38. The van der Waals surface area contributed by atoms with E-state index in [1.54, 1.807) is 29.7 Å². The van der Waals surface area contributed by atoms with Crippen molar-refractivity contribution in [2.75, 3.05) is 6.54 Å². The van der Waals surface area contributed by atoms with Gasteiger partial charge in [0.25, 0.3) is 5.91 Å². The van der Waals surface area contributed by atoms with E-state index in [-0.39, 0.29) is 5.91 Å². The molecule has 1 aliphatic heterocycles. The fourth-order valence-electron chi connectivity index (χ4n) is 1.05. The highest BCUT2D eigenvalue weighted by Crippen LogP contribution is 2.08. The van der Waals surface area contributed by atoms with Gasteiger partial charge < -0.3 is 0 Å². The molecule has 1 aromatic heterocycles. The number of carbonyl (C=O) groups excluding carboxylic acids is 1. The van der Waals surface area contributed by atoms with E-state index in [4.69, 9.17) is 0 Å². The summed E-state index contributed by atoms with van der Waals surface area (Å²) in [7, 11) is 0. The van der Waals surface area contributed by atoms with Gasteiger partial charge in [-0.2, -0.15) is 0 Å². The Bertz CT molecular complexity index is 369. The standard InChI is InChI=1S/C9H9N3OS/c13-9(8-2-1-7-14-8)11-12-5-3-10-4-6-12/h1-5,7H,6H2,(H,11,13). The third-order valence-electron chi connectivity index (χ3n) is 1.71. The largest absolute Gasteiger partial charge is 0.286 e. The molecule has 1 aromatic rings. The number of thiophene rings is 1. The topological polar surface area (TPSA) is 44.7 Å². The van der Waals surface area contributed by atoms with Crippen LogP contribution in [0.25, 0.3) is 0 Å². The number of hydrogen-bond donors (Lipinski definition) is 1. The zero-order chi connectivity index (χ0) is 9.80. The average molecular weight is 207 g/mol. The first kappa shape index (κ1) is 8.96. The van der Waals surface area contributed by atoms with Gasteiger partial charge in [-0.25, -0.2) is 0 Å². The number of carbonyl (C=O) groups is 1. The van der Waals surface area contributed by atoms with E-state index in [1.807, 2.05) is 11.4 Å². The molecule has 0 aliphatic carbocycles. The fraction of sp³-hybridized carbons (Fsp3) is 0.111. The Hall–Kier alpha value is -1.62. The first-order valence-corrected chi connectivity index (χ1v) is 5.03. The van der Waals surface area contributed by atoms with Gasteiger partial charge in [-0.1, -0.05) is 6.07 Å². The summed E-state index contributed by atoms with van der Waals surface area (Å²) in [5.41, 5.74) is 2.75. The summed E-state index contributed by atoms with van der Waals surface area (Å²) in [5, 5.41) is 3.57. The van der Waals surface area contributed by atoms with Gasteiger partial charge in [0, 0.05) is 18.6 Å². The van der Waals surface area contributed by atoms with Gasteiger partial charge in [-0.05, 0) is 11.4 Å². The Balaban J connectivity index is 1.95. The first-order valence-electron chi connectivity index (χ1n) is 4.16. The highest BCUT2D eigenvalue weighted by atomic mass is 32.1. The van der Waals surface area contributed by atoms with Gasteiger partial charge in [0.15, 0.2) is 0 Å². The monoisotopic (exact) mass is 207 g/mol. The van der Waals surface area contributed by atoms with Crippen LogP contribution in [-0.2, 0) is 0 Å². The van der Waals surface area contributed by atoms with Crippen LogP contribution in [0.5, 0.6) is 0 Å². The average Bonchev–Trinajstić information content (AvgIpc) is 2.72. The van der Waals surface area contributed by atoms with E-state index >= 15 is 0 Å². The number of hydrazine groups is 1. The molecule has 0 saturated heterocycles. The Morgan fingerprint density at radius 3 is 3.21 bits per heavy atom. The number of rotatable bonds is 2. The van der Waals surface area contributed by atoms with E-state index in [1.165, 1.54) is 11.3 Å². The molecule has 1 amide bonds. The third kappa shape index (κ3) is 2.00. The van der Waals surface area contributed by atoms with E-state index in [2.05, 4.69) is 10.4 Å². The Morgan fingerprint density at radius 1 is 1.64 bits per heavy atom. The molecule has 0 fully saturated rings. The van der Waals surface area contributed by atoms with Gasteiger partial charge in [-0.3, -0.25) is 20.2 Å². The molecule has 0 atom stereocenters. The predicted octanol–water partition coefficient (Wildman–Crippen LogP) is 1.25. The number of nitrogens with zero attached hydrogens (tertiary/aromatic N) is 2. The molecule has 4 nitrogen and oxygen atoms in total. The molecule has 1 aliphatic rings. The second kappa shape index (κ2) is 4.06. The number of amides is 1. The molecule has 0 unspecified atom stereocenters. The van der Waals surface area contributed by atoms with Gasteiger partial charge >= 0.3 is 0 Å². The van der Waals surface area contributed by atoms with Crippen molar-refractivity contribution < 1.29 is 4.79 Å². The van der Waals surface area contributed by atoms with Gasteiger partial charge in [-0.15, -0.1) is 11.3 Å². The lowest BCUT2D eigenvalue weighted by Crippen LogP contribution is -2.39. The molecule has 0 bridgehead atoms. The van der Waals surface area contributed by atoms with E-state index < -0.39 is 0 Å². The van der Waals surface area contributed by atoms with Crippen LogP contribution in [0.15, 0.2) is 34.9 Å². The van der Waals surface area contributed by atoms with Gasteiger partial charge in [0.05, 0.1) is 11.4 Å². The Morgan fingerprint density at radius 2 is 2.57 bits per heavy atom. The molecule has 1 N–H and O–H groups in total. The van der Waals surface area contributed by atoms with Gasteiger partial charge in [0.2, 0.25) is 0 Å². The fourth-order valence-corrected chi connectivity index (χ4v) is 1.67. The summed E-state index contributed by atoms with van der Waals surface area (Å²) >= 11 is 1.42. The van der Waals surface area contributed by atoms with E-state index in [0.29, 0.717) is 11.4 Å². The number of nitrogens with one attached hydrogen (secondary N) is 1. The highest BCUT2D eigenvalue weighted by Gasteiger charge is 2.09. The van der Waals surface area contributed by atoms with Crippen molar-refractivity contribution in [1.29, 1.82) is 0 Å². The highest BCUT2D eigenvalue weighted by molar-refractivity contribution is 7.12. The minimum absolute atomic E-state index is 0.0834. The van der Waals surface area contributed by atoms with E-state index in [9.17, 15) is 4.79 Å². The maximum absolute atomic E-state index is 11.6. The van der Waals surface area contributed by atoms with Crippen LogP contribution >= 0.6 is 11.3 Å². The third-order valence-corrected chi connectivity index (χ3v) is 2.58. The smallest absolute Gasteiger partial charge is 0.279 e. The molecule has 0 radical (unpaired) electrons. The van der Waals surface area contributed by atoms with Gasteiger partial charge in [0.1, 0.15) is 0 Å². The second-order valence-corrected chi connectivity index (χ2v) is 3.65. The predicted molar refractivity (Wildman–Crippen MR) is 56.1 cm³/mol. The molecule has 72 valence electrons. The molecule has 0 aromatic carbocycles. The number of hydrogen-bond acceptors (Lipinski definition) is 4. The van der Waals surface area contributed by atoms with Crippen molar-refractivity contribution in [3.8, 4) is 0 Å². The maximum Gasteiger partial charge on any atom is 0.279 e. The summed E-state index contributed by atoms with van der Waals surface area (Å²) in [6, 6.07) is 3.65. The first-order chi connectivity index (χ1) is 6.86. The van der Waals surface area contributed by atoms with Crippen LogP contribution in [0.1, 0.15) is 9.67 Å². The van der Waals surface area contributed by atoms with Crippen LogP contribution in [0, 0.1) is 0 Å². The molecule has 14 heavy (non-hydrogen) atoms. The van der Waals surface area contributed by atoms with Crippen LogP contribution in [-0.4, -0.2) is 23.7 Å². The second-order valence-electron chi connectivity index (χ2n) is 2.70. The van der Waals surface area contributed by atoms with Crippen molar-refractivity contribution in [2.24, 2.45) is 4.99 Å². The van der Waals surface area contributed by atoms with Crippen molar-refractivity contribution >= 4 is 23.5 Å². The van der Waals surface area contributed by atoms with E-state index in [0.717, 1.165) is 0 Å². The summed E-state index contributed by atoms with van der Waals surface area (Å²) in [6.07, 6.45) is 5.10. The minimum Gasteiger partial charge on any atom is -0.286 e. The lowest BCUT2D eigenvalue weighted by molar-refractivity contribution is 0.0869. The van der Waals surface area contributed by atoms with Crippen molar-refractivity contribution in [1.82, 2.24) is 10.4 Å². The van der Waals surface area contributed by atoms with Crippen molar-refractivity contribution in [2.45, 2.75) is 0 Å². The molecule has 0 spiro atoms. The normalized spacial score (nSPS) is 14.4. The molecular formula is C9H9N3OS. The summed E-state index contributed by atoms with van der Waals surface area (Å²) in [6.45, 7) is 0.605. The lowest BCUT2D eigenvalue weighted by atomic mass is 10.4. The van der Waals surface area contributed by atoms with Crippen LogP contribution < -0.4 is 5.43 Å². The number of aliphatic imine (C=N–C) groups is 1. The lowest BCUT2D eigenvalue weighted by Gasteiger charge is -2.19. The van der Waals surface area contributed by atoms with Crippen LogP contribution in [0.3, 0.4) is 0 Å². The Labute approximate surface area is 85.5 Å². The molecule has 2 heterocycles. The minimum atomic E-state index is -0.0834. The molecule has 5 heteroatoms. The summed E-state index contributed by atoms with van der Waals surface area (Å²) in [4.78, 5) is 16.2. The summed E-state index contributed by atoms with van der Waals surface area (Å²) in [5.74, 6) is -0.0834. The Kier molecular flexibility index (Phi) is 2.60. The molecule has 0 saturated carbocycles. The van der Waals surface area contributed by atoms with Crippen molar-refractivity contribution in [3.63, 3.8) is 0 Å². The van der Waals surface area contributed by atoms with Crippen LogP contribution in [0.4, 0.5) is 0 Å². The maximum atomic E-state index is 11.6. The quantitative estimate of drug-likeness (QED) is 0.793. The SMILES string of the molecule is O=C(NN1C=CN=CC1)c1cccs1. The van der Waals surface area contributed by atoms with Crippen LogP contribution in [0.2, 0.25) is 0 Å². The zero-order valence-corrected chi connectivity index (χ0v) is 8.20. The van der Waals surface area contributed by atoms with Crippen molar-refractivity contribution in [3.05, 3.63) is 34.8 Å². The molecular weight excluding hydrogens is 198 g/mol. The summed E-state index contributed by atoms with van der Waals surface area (Å²) < 4.78 is 0.